The van der Waals surface area contributed by atoms with Gasteiger partial charge in [0.25, 0.3) is 0 Å². The van der Waals surface area contributed by atoms with E-state index in [-0.39, 0.29) is 5.52 Å². The van der Waals surface area contributed by atoms with Crippen LogP contribution in [0.25, 0.3) is 22.0 Å². The smallest absolute Gasteiger partial charge is 0.381 e. The van der Waals surface area contributed by atoms with Crippen molar-refractivity contribution in [1.82, 2.24) is 4.98 Å². The number of benzene rings is 4. The van der Waals surface area contributed by atoms with Crippen LogP contribution in [0.15, 0.2) is 103 Å². The molecule has 0 bridgehead atoms. The van der Waals surface area contributed by atoms with E-state index >= 15 is 0 Å². The van der Waals surface area contributed by atoms with Gasteiger partial charge in [-0.05, 0) is 64.6 Å². The third-order valence-electron chi connectivity index (χ3n) is 6.06. The van der Waals surface area contributed by atoms with Crippen LogP contribution in [0.2, 0.25) is 5.02 Å². The van der Waals surface area contributed by atoms with Gasteiger partial charge >= 0.3 is 6.18 Å². The first-order valence-corrected chi connectivity index (χ1v) is 11.9. The summed E-state index contributed by atoms with van der Waals surface area (Å²) in [7, 11) is 0. The summed E-state index contributed by atoms with van der Waals surface area (Å²) in [4.78, 5) is 4.29. The SMILES string of the molecule is FC(F)(F)c1cccc2c(-c3cccc(NCc4cccc(Cl)c4)c3)c(Cc3ccccc3)cnc12. The Morgan fingerprint density at radius 2 is 1.53 bits per heavy atom. The number of nitrogens with one attached hydrogen (secondary N) is 1. The van der Waals surface area contributed by atoms with Gasteiger partial charge in [-0.3, -0.25) is 4.98 Å². The first-order valence-electron chi connectivity index (χ1n) is 11.5. The molecule has 0 spiro atoms. The van der Waals surface area contributed by atoms with Gasteiger partial charge in [-0.2, -0.15) is 13.2 Å². The van der Waals surface area contributed by atoms with Crippen LogP contribution in [-0.4, -0.2) is 4.98 Å². The summed E-state index contributed by atoms with van der Waals surface area (Å²) in [5, 5.41) is 4.54. The first-order chi connectivity index (χ1) is 17.4. The first kappa shape index (κ1) is 23.9. The zero-order valence-electron chi connectivity index (χ0n) is 19.2. The van der Waals surface area contributed by atoms with E-state index in [0.717, 1.165) is 39.6 Å². The molecule has 1 heterocycles. The molecule has 4 aromatic carbocycles. The molecule has 0 fully saturated rings. The molecule has 2 nitrogen and oxygen atoms in total. The second-order valence-corrected chi connectivity index (χ2v) is 9.02. The maximum absolute atomic E-state index is 13.8. The van der Waals surface area contributed by atoms with Gasteiger partial charge in [-0.25, -0.2) is 0 Å². The van der Waals surface area contributed by atoms with Gasteiger partial charge in [-0.1, -0.05) is 78.3 Å². The average molecular weight is 503 g/mol. The minimum atomic E-state index is -4.49. The molecule has 0 amide bonds. The lowest BCUT2D eigenvalue weighted by atomic mass is 9.91. The van der Waals surface area contributed by atoms with Crippen molar-refractivity contribution in [2.24, 2.45) is 0 Å². The van der Waals surface area contributed by atoms with Gasteiger partial charge in [0.05, 0.1) is 11.1 Å². The van der Waals surface area contributed by atoms with E-state index < -0.39 is 11.7 Å². The van der Waals surface area contributed by atoms with E-state index in [4.69, 9.17) is 11.6 Å². The Morgan fingerprint density at radius 3 is 2.31 bits per heavy atom. The lowest BCUT2D eigenvalue weighted by Crippen LogP contribution is -2.07. The topological polar surface area (TPSA) is 24.9 Å². The quantitative estimate of drug-likeness (QED) is 0.251. The largest absolute Gasteiger partial charge is 0.418 e. The molecular weight excluding hydrogens is 481 g/mol. The Bertz CT molecular complexity index is 1510. The fourth-order valence-corrected chi connectivity index (χ4v) is 4.63. The monoisotopic (exact) mass is 502 g/mol. The van der Waals surface area contributed by atoms with Crippen LogP contribution < -0.4 is 5.32 Å². The zero-order chi connectivity index (χ0) is 25.1. The molecule has 0 atom stereocenters. The number of anilines is 1. The summed E-state index contributed by atoms with van der Waals surface area (Å²) in [6.45, 7) is 0.566. The third kappa shape index (κ3) is 5.21. The maximum Gasteiger partial charge on any atom is 0.418 e. The summed E-state index contributed by atoms with van der Waals surface area (Å²) in [5.74, 6) is 0. The molecule has 0 aliphatic heterocycles. The molecule has 5 rings (SSSR count). The highest BCUT2D eigenvalue weighted by Gasteiger charge is 2.33. The second-order valence-electron chi connectivity index (χ2n) is 8.58. The maximum atomic E-state index is 13.8. The van der Waals surface area contributed by atoms with E-state index in [1.54, 1.807) is 12.3 Å². The standard InChI is InChI=1S/C30H22ClF3N2/c31-24-11-4-9-21(16-24)18-35-25-12-5-10-22(17-25)28-23(15-20-7-2-1-3-8-20)19-36-29-26(28)13-6-14-27(29)30(32,33)34/h1-14,16-17,19,35H,15,18H2. The molecule has 0 aliphatic carbocycles. The number of pyridine rings is 1. The number of hydrogen-bond acceptors (Lipinski definition) is 2. The number of para-hydroxylation sites is 1. The van der Waals surface area contributed by atoms with Crippen LogP contribution in [0.1, 0.15) is 22.3 Å². The van der Waals surface area contributed by atoms with Crippen molar-refractivity contribution < 1.29 is 13.2 Å². The van der Waals surface area contributed by atoms with E-state index in [9.17, 15) is 13.2 Å². The molecule has 6 heteroatoms. The highest BCUT2D eigenvalue weighted by molar-refractivity contribution is 6.30. The van der Waals surface area contributed by atoms with Crippen LogP contribution in [0.4, 0.5) is 18.9 Å². The number of hydrogen-bond donors (Lipinski definition) is 1. The molecule has 0 aliphatic rings. The Hall–Kier alpha value is -3.83. The highest BCUT2D eigenvalue weighted by Crippen LogP contribution is 2.39. The lowest BCUT2D eigenvalue weighted by molar-refractivity contribution is -0.136. The Morgan fingerprint density at radius 1 is 0.778 bits per heavy atom. The van der Waals surface area contributed by atoms with Crippen molar-refractivity contribution in [2.75, 3.05) is 5.32 Å². The van der Waals surface area contributed by atoms with E-state index in [1.807, 2.05) is 78.9 Å². The van der Waals surface area contributed by atoms with Crippen molar-refractivity contribution in [3.63, 3.8) is 0 Å². The average Bonchev–Trinajstić information content (AvgIpc) is 2.87. The summed E-state index contributed by atoms with van der Waals surface area (Å²) in [6, 6.07) is 29.4. The van der Waals surface area contributed by atoms with Gasteiger partial charge in [0.2, 0.25) is 0 Å². The molecule has 5 aromatic rings. The minimum Gasteiger partial charge on any atom is -0.381 e. The number of alkyl halides is 3. The number of rotatable bonds is 6. The molecular formula is C30H22ClF3N2. The van der Waals surface area contributed by atoms with Gasteiger partial charge in [0, 0.05) is 28.8 Å². The van der Waals surface area contributed by atoms with Crippen LogP contribution in [0.3, 0.4) is 0 Å². The summed E-state index contributed by atoms with van der Waals surface area (Å²) >= 11 is 6.10. The van der Waals surface area contributed by atoms with Gasteiger partial charge in [-0.15, -0.1) is 0 Å². The third-order valence-corrected chi connectivity index (χ3v) is 6.29. The van der Waals surface area contributed by atoms with Crippen LogP contribution in [-0.2, 0) is 19.1 Å². The van der Waals surface area contributed by atoms with Crippen molar-refractivity contribution in [2.45, 2.75) is 19.1 Å². The highest BCUT2D eigenvalue weighted by atomic mass is 35.5. The normalized spacial score (nSPS) is 11.6. The van der Waals surface area contributed by atoms with Crippen molar-refractivity contribution in [3.8, 4) is 11.1 Å². The molecule has 180 valence electrons. The van der Waals surface area contributed by atoms with Crippen LogP contribution in [0, 0.1) is 0 Å². The number of nitrogens with zero attached hydrogens (tertiary/aromatic N) is 1. The fraction of sp³-hybridized carbons (Fsp3) is 0.100. The lowest BCUT2D eigenvalue weighted by Gasteiger charge is -2.17. The van der Waals surface area contributed by atoms with E-state index in [1.165, 1.54) is 6.07 Å². The zero-order valence-corrected chi connectivity index (χ0v) is 19.9. The van der Waals surface area contributed by atoms with Crippen LogP contribution in [0.5, 0.6) is 0 Å². The summed E-state index contributed by atoms with van der Waals surface area (Å²) in [6.07, 6.45) is -2.37. The molecule has 0 unspecified atom stereocenters. The number of halogens is 4. The minimum absolute atomic E-state index is 0.0471. The van der Waals surface area contributed by atoms with Crippen LogP contribution >= 0.6 is 11.6 Å². The van der Waals surface area contributed by atoms with Crippen molar-refractivity contribution >= 4 is 28.2 Å². The molecule has 36 heavy (non-hydrogen) atoms. The molecule has 0 saturated carbocycles. The molecule has 1 aromatic heterocycles. The number of aromatic nitrogens is 1. The van der Waals surface area contributed by atoms with Gasteiger partial charge < -0.3 is 5.32 Å². The molecule has 0 saturated heterocycles. The van der Waals surface area contributed by atoms with Crippen molar-refractivity contribution in [1.29, 1.82) is 0 Å². The summed E-state index contributed by atoms with van der Waals surface area (Å²) in [5.41, 5.74) is 4.60. The predicted octanol–water partition coefficient (Wildman–Crippen LogP) is 8.78. The Kier molecular flexibility index (Phi) is 6.66. The summed E-state index contributed by atoms with van der Waals surface area (Å²) < 4.78 is 41.4. The molecule has 1 N–H and O–H groups in total. The Balaban J connectivity index is 1.61. The van der Waals surface area contributed by atoms with Gasteiger partial charge in [0.15, 0.2) is 0 Å². The Labute approximate surface area is 212 Å². The van der Waals surface area contributed by atoms with Crippen molar-refractivity contribution in [3.05, 3.63) is 131 Å². The molecule has 0 radical (unpaired) electrons. The number of fused-ring (bicyclic) bond motifs is 1. The second kappa shape index (κ2) is 10.0. The van der Waals surface area contributed by atoms with Gasteiger partial charge in [0.1, 0.15) is 0 Å². The van der Waals surface area contributed by atoms with E-state index in [0.29, 0.717) is 23.4 Å². The van der Waals surface area contributed by atoms with E-state index in [2.05, 4.69) is 10.3 Å². The predicted molar refractivity (Wildman–Crippen MR) is 140 cm³/mol. The fourth-order valence-electron chi connectivity index (χ4n) is 4.42.